The van der Waals surface area contributed by atoms with Crippen LogP contribution in [-0.2, 0) is 0 Å². The molecule has 19 heavy (non-hydrogen) atoms. The molecule has 0 aliphatic carbocycles. The van der Waals surface area contributed by atoms with Crippen molar-refractivity contribution in [2.24, 2.45) is 0 Å². The van der Waals surface area contributed by atoms with E-state index in [0.717, 1.165) is 36.9 Å². The van der Waals surface area contributed by atoms with E-state index in [2.05, 4.69) is 19.1 Å². The molecule has 0 atom stereocenters. The van der Waals surface area contributed by atoms with Gasteiger partial charge in [0, 0.05) is 20.2 Å². The summed E-state index contributed by atoms with van der Waals surface area (Å²) in [6.45, 7) is 2.07. The number of rotatable bonds is 3. The highest BCUT2D eigenvalue weighted by Gasteiger charge is 2.17. The number of halogens is 1. The number of thiophene rings is 2. The second-order valence-corrected chi connectivity index (χ2v) is 7.02. The lowest BCUT2D eigenvalue weighted by Crippen LogP contribution is -1.88. The highest BCUT2D eigenvalue weighted by molar-refractivity contribution is 7.23. The van der Waals surface area contributed by atoms with E-state index in [4.69, 9.17) is 11.6 Å². The number of carbonyl (C=O) groups excluding carboxylic acids is 1. The summed E-state index contributed by atoms with van der Waals surface area (Å²) in [6.07, 6.45) is 4.77. The standard InChI is InChI=1S/C14H9BClOS2/c1-8-2-4-11(18-8)14-9(7-17)6-12(19-14)10-3-5-13(16)15-10/h2-7H,1H3. The smallest absolute Gasteiger partial charge is 0.209 e. The van der Waals surface area contributed by atoms with Crippen molar-refractivity contribution >= 4 is 53.3 Å². The van der Waals surface area contributed by atoms with Crippen molar-refractivity contribution in [3.8, 4) is 9.75 Å². The lowest BCUT2D eigenvalue weighted by molar-refractivity contribution is 0.112. The summed E-state index contributed by atoms with van der Waals surface area (Å²) in [5.41, 5.74) is 1.82. The van der Waals surface area contributed by atoms with Crippen LogP contribution in [0.25, 0.3) is 15.2 Å². The molecule has 0 N–H and O–H groups in total. The molecule has 1 aliphatic rings. The molecule has 2 aromatic heterocycles. The molecule has 1 radical (unpaired) electrons. The fraction of sp³-hybridized carbons (Fsp3) is 0.0714. The molecule has 3 heterocycles. The van der Waals surface area contributed by atoms with Crippen LogP contribution in [0.15, 0.2) is 35.3 Å². The number of carbonyl (C=O) groups is 1. The molecule has 0 bridgehead atoms. The monoisotopic (exact) mass is 303 g/mol. The summed E-state index contributed by atoms with van der Waals surface area (Å²) in [6, 6.07) is 6.08. The van der Waals surface area contributed by atoms with E-state index >= 15 is 0 Å². The Bertz CT molecular complexity index is 709. The maximum absolute atomic E-state index is 11.2. The maximum Gasteiger partial charge on any atom is 0.209 e. The normalized spacial score (nSPS) is 14.0. The summed E-state index contributed by atoms with van der Waals surface area (Å²) >= 11 is 9.30. The second-order valence-electron chi connectivity index (χ2n) is 4.24. The van der Waals surface area contributed by atoms with Gasteiger partial charge in [-0.3, -0.25) is 4.79 Å². The van der Waals surface area contributed by atoms with E-state index in [-0.39, 0.29) is 0 Å². The molecule has 0 fully saturated rings. The van der Waals surface area contributed by atoms with Crippen LogP contribution in [0.5, 0.6) is 0 Å². The summed E-state index contributed by atoms with van der Waals surface area (Å²) in [5, 5.41) is 0. The molecule has 93 valence electrons. The largest absolute Gasteiger partial charge is 0.298 e. The van der Waals surface area contributed by atoms with Crippen molar-refractivity contribution in [3.05, 3.63) is 50.6 Å². The maximum atomic E-state index is 11.2. The van der Waals surface area contributed by atoms with Gasteiger partial charge in [-0.15, -0.1) is 34.3 Å². The van der Waals surface area contributed by atoms with Crippen molar-refractivity contribution in [3.63, 3.8) is 0 Å². The van der Waals surface area contributed by atoms with Gasteiger partial charge in [0.15, 0.2) is 6.29 Å². The molecule has 5 heteroatoms. The summed E-state index contributed by atoms with van der Waals surface area (Å²) < 4.78 is 0. The topological polar surface area (TPSA) is 17.1 Å². The molecular formula is C14H9BClOS2. The number of allylic oxidation sites excluding steroid dienone is 2. The minimum atomic E-state index is 0.726. The lowest BCUT2D eigenvalue weighted by atomic mass is 9.72. The zero-order valence-corrected chi connectivity index (χ0v) is 12.5. The average molecular weight is 304 g/mol. The van der Waals surface area contributed by atoms with Gasteiger partial charge in [0.25, 0.3) is 0 Å². The Morgan fingerprint density at radius 1 is 1.21 bits per heavy atom. The molecule has 1 aliphatic heterocycles. The molecule has 0 unspecified atom stereocenters. The van der Waals surface area contributed by atoms with Crippen molar-refractivity contribution in [2.75, 3.05) is 0 Å². The minimum absolute atomic E-state index is 0.726. The van der Waals surface area contributed by atoms with Gasteiger partial charge >= 0.3 is 0 Å². The average Bonchev–Trinajstić information content (AvgIpc) is 3.07. The number of hydrogen-bond acceptors (Lipinski definition) is 3. The van der Waals surface area contributed by atoms with Crippen LogP contribution in [0, 0.1) is 6.92 Å². The van der Waals surface area contributed by atoms with Crippen molar-refractivity contribution < 1.29 is 4.79 Å². The van der Waals surface area contributed by atoms with Crippen molar-refractivity contribution in [1.82, 2.24) is 0 Å². The molecule has 0 amide bonds. The molecule has 0 spiro atoms. The van der Waals surface area contributed by atoms with Crippen LogP contribution < -0.4 is 0 Å². The van der Waals surface area contributed by atoms with Gasteiger partial charge < -0.3 is 0 Å². The van der Waals surface area contributed by atoms with Crippen molar-refractivity contribution in [1.29, 1.82) is 0 Å². The van der Waals surface area contributed by atoms with Crippen LogP contribution in [0.2, 0.25) is 0 Å². The van der Waals surface area contributed by atoms with E-state index in [1.165, 1.54) is 4.88 Å². The van der Waals surface area contributed by atoms with E-state index in [0.29, 0.717) is 0 Å². The number of aldehydes is 1. The summed E-state index contributed by atoms with van der Waals surface area (Å²) in [7, 11) is 1.92. The highest BCUT2D eigenvalue weighted by atomic mass is 35.5. The lowest BCUT2D eigenvalue weighted by Gasteiger charge is -1.95. The third-order valence-electron chi connectivity index (χ3n) is 2.85. The molecule has 1 nitrogen and oxygen atoms in total. The van der Waals surface area contributed by atoms with Gasteiger partial charge in [-0.25, -0.2) is 0 Å². The molecule has 0 aromatic carbocycles. The van der Waals surface area contributed by atoms with E-state index in [9.17, 15) is 4.79 Å². The molecule has 2 aromatic rings. The number of hydrogen-bond donors (Lipinski definition) is 0. The van der Waals surface area contributed by atoms with Crippen LogP contribution in [0.1, 0.15) is 20.1 Å². The van der Waals surface area contributed by atoms with E-state index in [1.54, 1.807) is 22.7 Å². The van der Waals surface area contributed by atoms with Crippen LogP contribution in [-0.4, -0.2) is 13.6 Å². The van der Waals surface area contributed by atoms with Gasteiger partial charge in [-0.1, -0.05) is 17.6 Å². The van der Waals surface area contributed by atoms with E-state index < -0.39 is 0 Å². The second kappa shape index (κ2) is 5.12. The minimum Gasteiger partial charge on any atom is -0.298 e. The van der Waals surface area contributed by atoms with Crippen LogP contribution in [0.3, 0.4) is 0 Å². The Hall–Kier alpha value is -1.10. The third-order valence-corrected chi connectivity index (χ3v) is 5.47. The predicted octanol–water partition coefficient (Wildman–Crippen LogP) is 4.74. The SMILES string of the molecule is Cc1ccc(-c2sc(C3=CC=C(Cl)[B]3)cc2C=O)s1. The van der Waals surface area contributed by atoms with Gasteiger partial charge in [0.1, 0.15) is 0 Å². The van der Waals surface area contributed by atoms with Crippen molar-refractivity contribution in [2.45, 2.75) is 6.92 Å². The Morgan fingerprint density at radius 3 is 2.63 bits per heavy atom. The Labute approximate surface area is 125 Å². The zero-order chi connectivity index (χ0) is 13.4. The fourth-order valence-corrected chi connectivity index (χ4v) is 4.26. The summed E-state index contributed by atoms with van der Waals surface area (Å²) in [5.74, 6) is 0. The first-order valence-electron chi connectivity index (χ1n) is 5.76. The Kier molecular flexibility index (Phi) is 3.48. The quantitative estimate of drug-likeness (QED) is 0.591. The van der Waals surface area contributed by atoms with E-state index in [1.807, 2.05) is 25.5 Å². The molecule has 3 rings (SSSR count). The zero-order valence-electron chi connectivity index (χ0n) is 10.1. The number of aryl methyl sites for hydroxylation is 1. The van der Waals surface area contributed by atoms with Gasteiger partial charge in [0.2, 0.25) is 7.28 Å². The van der Waals surface area contributed by atoms with Gasteiger partial charge in [-0.05, 0) is 30.1 Å². The molecular weight excluding hydrogens is 295 g/mol. The first-order chi connectivity index (χ1) is 9.17. The van der Waals surface area contributed by atoms with Crippen LogP contribution >= 0.6 is 34.3 Å². The van der Waals surface area contributed by atoms with Gasteiger partial charge in [0.05, 0.1) is 4.88 Å². The Balaban J connectivity index is 2.02. The van der Waals surface area contributed by atoms with Gasteiger partial charge in [-0.2, -0.15) is 0 Å². The summed E-state index contributed by atoms with van der Waals surface area (Å²) in [4.78, 5) is 16.5. The molecule has 0 saturated heterocycles. The fourth-order valence-electron chi connectivity index (χ4n) is 1.95. The highest BCUT2D eigenvalue weighted by Crippen LogP contribution is 2.39. The Morgan fingerprint density at radius 2 is 2.05 bits per heavy atom. The third kappa shape index (κ3) is 2.48. The van der Waals surface area contributed by atoms with Crippen LogP contribution in [0.4, 0.5) is 0 Å². The predicted molar refractivity (Wildman–Crippen MR) is 85.4 cm³/mol. The molecule has 0 saturated carbocycles. The first-order valence-corrected chi connectivity index (χ1v) is 7.77. The first kappa shape index (κ1) is 12.9.